The van der Waals surface area contributed by atoms with Crippen molar-refractivity contribution in [2.45, 2.75) is 16.7 Å². The van der Waals surface area contributed by atoms with Crippen LogP contribution in [0.15, 0.2) is 46.7 Å². The molecule has 1 heterocycles. The molecule has 0 saturated heterocycles. The van der Waals surface area contributed by atoms with E-state index in [-0.39, 0.29) is 6.61 Å². The van der Waals surface area contributed by atoms with E-state index in [1.54, 1.807) is 12.4 Å². The van der Waals surface area contributed by atoms with Crippen LogP contribution in [0.25, 0.3) is 0 Å². The van der Waals surface area contributed by atoms with E-state index in [9.17, 15) is 0 Å². The maximum atomic E-state index is 8.90. The quantitative estimate of drug-likeness (QED) is 0.854. The maximum Gasteiger partial charge on any atom is 0.192 e. The van der Waals surface area contributed by atoms with Gasteiger partial charge in [0.25, 0.3) is 0 Å². The van der Waals surface area contributed by atoms with Crippen molar-refractivity contribution >= 4 is 23.4 Å². The maximum absolute atomic E-state index is 8.90. The zero-order valence-corrected chi connectivity index (χ0v) is 9.87. The highest BCUT2D eigenvalue weighted by molar-refractivity contribution is 7.99. The third-order valence-corrected chi connectivity index (χ3v) is 3.01. The molecular formula is C11H9ClN2OS. The fourth-order valence-electron chi connectivity index (χ4n) is 1.12. The van der Waals surface area contributed by atoms with Gasteiger partial charge >= 0.3 is 0 Å². The zero-order chi connectivity index (χ0) is 11.4. The van der Waals surface area contributed by atoms with E-state index < -0.39 is 0 Å². The molecule has 3 nitrogen and oxygen atoms in total. The second-order valence-electron chi connectivity index (χ2n) is 3.09. The van der Waals surface area contributed by atoms with Crippen molar-refractivity contribution in [3.8, 4) is 0 Å². The molecule has 0 amide bonds. The van der Waals surface area contributed by atoms with Crippen LogP contribution >= 0.6 is 23.4 Å². The molecular weight excluding hydrogens is 244 g/mol. The molecule has 0 atom stereocenters. The summed E-state index contributed by atoms with van der Waals surface area (Å²) in [6, 6.07) is 7.60. The Balaban J connectivity index is 2.11. The van der Waals surface area contributed by atoms with Gasteiger partial charge in [0.2, 0.25) is 0 Å². The molecule has 82 valence electrons. The minimum absolute atomic E-state index is 0.0579. The molecule has 0 saturated carbocycles. The molecule has 1 N–H and O–H groups in total. The monoisotopic (exact) mass is 252 g/mol. The van der Waals surface area contributed by atoms with Crippen molar-refractivity contribution in [1.82, 2.24) is 9.97 Å². The molecule has 16 heavy (non-hydrogen) atoms. The molecule has 1 aromatic heterocycles. The summed E-state index contributed by atoms with van der Waals surface area (Å²) in [5.74, 6) is 0. The van der Waals surface area contributed by atoms with Crippen molar-refractivity contribution < 1.29 is 5.11 Å². The van der Waals surface area contributed by atoms with Crippen molar-refractivity contribution in [2.75, 3.05) is 0 Å². The van der Waals surface area contributed by atoms with Gasteiger partial charge < -0.3 is 5.11 Å². The largest absolute Gasteiger partial charge is 0.392 e. The molecule has 0 aliphatic carbocycles. The average molecular weight is 253 g/mol. The first kappa shape index (κ1) is 11.4. The average Bonchev–Trinajstić information content (AvgIpc) is 2.33. The third kappa shape index (κ3) is 2.95. The second kappa shape index (κ2) is 5.30. The number of benzene rings is 1. The van der Waals surface area contributed by atoms with Gasteiger partial charge in [-0.1, -0.05) is 23.7 Å². The summed E-state index contributed by atoms with van der Waals surface area (Å²) >= 11 is 7.15. The van der Waals surface area contributed by atoms with Crippen molar-refractivity contribution in [2.24, 2.45) is 0 Å². The summed E-state index contributed by atoms with van der Waals surface area (Å²) in [6.45, 7) is 0.0579. The van der Waals surface area contributed by atoms with Crippen molar-refractivity contribution in [3.63, 3.8) is 0 Å². The number of aromatic nitrogens is 2. The predicted molar refractivity (Wildman–Crippen MR) is 63.5 cm³/mol. The summed E-state index contributed by atoms with van der Waals surface area (Å²) in [7, 11) is 0. The van der Waals surface area contributed by atoms with Gasteiger partial charge in [0.05, 0.1) is 24.0 Å². The number of halogens is 1. The number of hydrogen-bond acceptors (Lipinski definition) is 4. The van der Waals surface area contributed by atoms with Gasteiger partial charge in [0, 0.05) is 4.90 Å². The topological polar surface area (TPSA) is 46.0 Å². The minimum atomic E-state index is 0.0579. The second-order valence-corrected chi connectivity index (χ2v) is 4.57. The van der Waals surface area contributed by atoms with Gasteiger partial charge in [-0.25, -0.2) is 9.97 Å². The Labute approximate surface area is 103 Å². The van der Waals surface area contributed by atoms with Crippen LogP contribution in [-0.4, -0.2) is 15.1 Å². The molecule has 0 fully saturated rings. The van der Waals surface area contributed by atoms with E-state index in [1.165, 1.54) is 11.8 Å². The van der Waals surface area contributed by atoms with Crippen LogP contribution in [0.1, 0.15) is 5.56 Å². The highest BCUT2D eigenvalue weighted by Crippen LogP contribution is 2.24. The van der Waals surface area contributed by atoms with Crippen LogP contribution in [0, 0.1) is 0 Å². The first-order valence-electron chi connectivity index (χ1n) is 4.63. The highest BCUT2D eigenvalue weighted by atomic mass is 35.5. The molecule has 1 aromatic carbocycles. The molecule has 0 bridgehead atoms. The Hall–Kier alpha value is -1.10. The lowest BCUT2D eigenvalue weighted by Crippen LogP contribution is -1.85. The Morgan fingerprint density at radius 2 is 1.75 bits per heavy atom. The smallest absolute Gasteiger partial charge is 0.192 e. The third-order valence-electron chi connectivity index (χ3n) is 1.91. The van der Waals surface area contributed by atoms with Crippen LogP contribution in [-0.2, 0) is 6.61 Å². The zero-order valence-electron chi connectivity index (χ0n) is 8.30. The van der Waals surface area contributed by atoms with Crippen molar-refractivity contribution in [3.05, 3.63) is 47.2 Å². The molecule has 2 rings (SSSR count). The van der Waals surface area contributed by atoms with Crippen LogP contribution in [0.2, 0.25) is 5.02 Å². The lowest BCUT2D eigenvalue weighted by atomic mass is 10.2. The molecule has 0 aliphatic heterocycles. The van der Waals surface area contributed by atoms with Gasteiger partial charge in [0.15, 0.2) is 5.16 Å². The number of aliphatic hydroxyl groups is 1. The summed E-state index contributed by atoms with van der Waals surface area (Å²) < 4.78 is 0. The van der Waals surface area contributed by atoms with E-state index in [4.69, 9.17) is 16.7 Å². The van der Waals surface area contributed by atoms with Crippen LogP contribution in [0.3, 0.4) is 0 Å². The van der Waals surface area contributed by atoms with E-state index >= 15 is 0 Å². The number of nitrogens with zero attached hydrogens (tertiary/aromatic N) is 2. The Bertz CT molecular complexity index is 458. The number of hydrogen-bond donors (Lipinski definition) is 1. The van der Waals surface area contributed by atoms with E-state index in [0.29, 0.717) is 10.2 Å². The summed E-state index contributed by atoms with van der Waals surface area (Å²) in [5, 5.41) is 10.1. The molecule has 0 radical (unpaired) electrons. The van der Waals surface area contributed by atoms with Gasteiger partial charge in [-0.2, -0.15) is 0 Å². The summed E-state index contributed by atoms with van der Waals surface area (Å²) in [6.07, 6.45) is 3.14. The lowest BCUT2D eigenvalue weighted by molar-refractivity contribution is 0.282. The molecule has 5 heteroatoms. The van der Waals surface area contributed by atoms with E-state index in [0.717, 1.165) is 10.5 Å². The molecule has 0 aliphatic rings. The Morgan fingerprint density at radius 3 is 2.31 bits per heavy atom. The van der Waals surface area contributed by atoms with E-state index in [2.05, 4.69) is 9.97 Å². The molecule has 0 unspecified atom stereocenters. The van der Waals surface area contributed by atoms with Crippen molar-refractivity contribution in [1.29, 1.82) is 0 Å². The standard InChI is InChI=1S/C11H9ClN2OS/c12-9-5-13-11(14-6-9)16-10-3-1-8(7-15)2-4-10/h1-6,15H,7H2. The number of rotatable bonds is 3. The predicted octanol–water partition coefficient (Wildman–Crippen LogP) is 2.77. The minimum Gasteiger partial charge on any atom is -0.392 e. The molecule has 2 aromatic rings. The first-order valence-corrected chi connectivity index (χ1v) is 5.82. The van der Waals surface area contributed by atoms with Gasteiger partial charge in [0.1, 0.15) is 0 Å². The SMILES string of the molecule is OCc1ccc(Sc2ncc(Cl)cn2)cc1. The van der Waals surface area contributed by atoms with Crippen LogP contribution in [0.4, 0.5) is 0 Å². The molecule has 0 spiro atoms. The van der Waals surface area contributed by atoms with Crippen LogP contribution < -0.4 is 0 Å². The Kier molecular flexibility index (Phi) is 3.77. The Morgan fingerprint density at radius 1 is 1.12 bits per heavy atom. The first-order chi connectivity index (χ1) is 7.78. The van der Waals surface area contributed by atoms with Gasteiger partial charge in [-0.15, -0.1) is 0 Å². The van der Waals surface area contributed by atoms with E-state index in [1.807, 2.05) is 24.3 Å². The van der Waals surface area contributed by atoms with Gasteiger partial charge in [-0.05, 0) is 29.5 Å². The fraction of sp³-hybridized carbons (Fsp3) is 0.0909. The fourth-order valence-corrected chi connectivity index (χ4v) is 1.91. The van der Waals surface area contributed by atoms with Crippen LogP contribution in [0.5, 0.6) is 0 Å². The normalized spacial score (nSPS) is 10.4. The summed E-state index contributed by atoms with van der Waals surface area (Å²) in [4.78, 5) is 9.20. The number of aliphatic hydroxyl groups excluding tert-OH is 1. The van der Waals surface area contributed by atoms with Gasteiger partial charge in [-0.3, -0.25) is 0 Å². The lowest BCUT2D eigenvalue weighted by Gasteiger charge is -2.01. The highest BCUT2D eigenvalue weighted by Gasteiger charge is 2.00. The summed E-state index contributed by atoms with van der Waals surface area (Å²) in [5.41, 5.74) is 0.890.